The van der Waals surface area contributed by atoms with Crippen molar-refractivity contribution in [3.63, 3.8) is 0 Å². The first-order chi connectivity index (χ1) is 12.0. The molecule has 0 bridgehead atoms. The summed E-state index contributed by atoms with van der Waals surface area (Å²) in [6, 6.07) is 7.56. The van der Waals surface area contributed by atoms with E-state index in [1.165, 1.54) is 35.6 Å². The van der Waals surface area contributed by atoms with Crippen molar-refractivity contribution in [2.75, 3.05) is 5.32 Å². The second-order valence-corrected chi connectivity index (χ2v) is 6.16. The van der Waals surface area contributed by atoms with E-state index in [9.17, 15) is 13.6 Å². The van der Waals surface area contributed by atoms with Gasteiger partial charge < -0.3 is 10.1 Å². The van der Waals surface area contributed by atoms with Gasteiger partial charge >= 0.3 is 6.61 Å². The smallest absolute Gasteiger partial charge is 0.387 e. The maximum atomic E-state index is 12.5. The maximum Gasteiger partial charge on any atom is 0.387 e. The van der Waals surface area contributed by atoms with Crippen LogP contribution in [0.5, 0.6) is 5.75 Å². The molecule has 5 nitrogen and oxygen atoms in total. The molecule has 1 amide bonds. The molecular formula is C17H15F2N3O2S. The Morgan fingerprint density at radius 2 is 2.00 bits per heavy atom. The fourth-order valence-corrected chi connectivity index (χ4v) is 3.28. The van der Waals surface area contributed by atoms with E-state index in [1.807, 2.05) is 23.8 Å². The molecule has 2 heterocycles. The van der Waals surface area contributed by atoms with Gasteiger partial charge in [0.25, 0.3) is 5.91 Å². The molecule has 0 atom stereocenters. The molecule has 0 aliphatic rings. The lowest BCUT2D eigenvalue weighted by Gasteiger charge is -2.08. The van der Waals surface area contributed by atoms with Crippen molar-refractivity contribution in [2.45, 2.75) is 20.5 Å². The molecule has 0 aliphatic heterocycles. The highest BCUT2D eigenvalue weighted by atomic mass is 32.1. The SMILES string of the molecule is Cc1cc(C(=O)Nc2ccc(OC(F)F)cc2)c(C)n1-c1nccs1. The summed E-state index contributed by atoms with van der Waals surface area (Å²) in [6.07, 6.45) is 1.71. The van der Waals surface area contributed by atoms with E-state index < -0.39 is 6.61 Å². The zero-order valence-electron chi connectivity index (χ0n) is 13.5. The van der Waals surface area contributed by atoms with Gasteiger partial charge in [-0.15, -0.1) is 11.3 Å². The number of carbonyl (C=O) groups excluding carboxylic acids is 1. The Kier molecular flexibility index (Phi) is 4.80. The largest absolute Gasteiger partial charge is 0.435 e. The third kappa shape index (κ3) is 3.69. The van der Waals surface area contributed by atoms with Crippen molar-refractivity contribution in [2.24, 2.45) is 0 Å². The number of alkyl halides is 2. The molecular weight excluding hydrogens is 348 g/mol. The van der Waals surface area contributed by atoms with E-state index in [-0.39, 0.29) is 11.7 Å². The minimum absolute atomic E-state index is 0.0370. The molecule has 1 aromatic carbocycles. The number of amides is 1. The zero-order chi connectivity index (χ0) is 18.0. The van der Waals surface area contributed by atoms with Crippen LogP contribution in [-0.4, -0.2) is 22.1 Å². The first-order valence-corrected chi connectivity index (χ1v) is 8.28. The van der Waals surface area contributed by atoms with E-state index in [0.717, 1.165) is 16.5 Å². The Hall–Kier alpha value is -2.74. The van der Waals surface area contributed by atoms with Gasteiger partial charge in [-0.1, -0.05) is 0 Å². The first-order valence-electron chi connectivity index (χ1n) is 7.40. The summed E-state index contributed by atoms with van der Waals surface area (Å²) in [6.45, 7) is 0.876. The Morgan fingerprint density at radius 1 is 1.28 bits per heavy atom. The number of anilines is 1. The minimum Gasteiger partial charge on any atom is -0.435 e. The molecule has 0 unspecified atom stereocenters. The molecule has 130 valence electrons. The maximum absolute atomic E-state index is 12.5. The van der Waals surface area contributed by atoms with Crippen LogP contribution in [0, 0.1) is 13.8 Å². The predicted octanol–water partition coefficient (Wildman–Crippen LogP) is 4.40. The molecule has 2 aromatic heterocycles. The molecule has 0 spiro atoms. The van der Waals surface area contributed by atoms with Gasteiger partial charge in [0, 0.05) is 28.7 Å². The van der Waals surface area contributed by atoms with Crippen molar-refractivity contribution in [1.29, 1.82) is 0 Å². The molecule has 1 N–H and O–H groups in total. The number of carbonyl (C=O) groups is 1. The van der Waals surface area contributed by atoms with Crippen LogP contribution in [0.15, 0.2) is 41.9 Å². The van der Waals surface area contributed by atoms with Crippen molar-refractivity contribution in [3.8, 4) is 10.9 Å². The minimum atomic E-state index is -2.88. The monoisotopic (exact) mass is 363 g/mol. The number of ether oxygens (including phenoxy) is 1. The quantitative estimate of drug-likeness (QED) is 0.731. The topological polar surface area (TPSA) is 56.1 Å². The van der Waals surface area contributed by atoms with Crippen molar-refractivity contribution in [3.05, 3.63) is 58.9 Å². The lowest BCUT2D eigenvalue weighted by atomic mass is 10.2. The number of rotatable bonds is 5. The third-order valence-corrected chi connectivity index (χ3v) is 4.38. The molecule has 0 aliphatic carbocycles. The fraction of sp³-hybridized carbons (Fsp3) is 0.176. The van der Waals surface area contributed by atoms with Crippen LogP contribution in [0.4, 0.5) is 14.5 Å². The zero-order valence-corrected chi connectivity index (χ0v) is 14.3. The second kappa shape index (κ2) is 7.02. The standard InChI is InChI=1S/C17H15F2N3O2S/c1-10-9-14(11(2)22(10)17-20-7-8-25-17)15(23)21-12-3-5-13(6-4-12)24-16(18)19/h3-9,16H,1-2H3,(H,21,23). The number of aromatic nitrogens is 2. The molecule has 3 aromatic rings. The Labute approximate surface area is 146 Å². The first kappa shape index (κ1) is 17.1. The molecule has 0 saturated carbocycles. The lowest BCUT2D eigenvalue weighted by molar-refractivity contribution is -0.0498. The summed E-state index contributed by atoms with van der Waals surface area (Å²) in [4.78, 5) is 16.8. The average Bonchev–Trinajstić information content (AvgIpc) is 3.16. The van der Waals surface area contributed by atoms with Crippen molar-refractivity contribution >= 4 is 22.9 Å². The van der Waals surface area contributed by atoms with Gasteiger partial charge in [0.1, 0.15) is 5.75 Å². The van der Waals surface area contributed by atoms with E-state index in [1.54, 1.807) is 12.3 Å². The number of benzene rings is 1. The average molecular weight is 363 g/mol. The van der Waals surface area contributed by atoms with Crippen LogP contribution in [-0.2, 0) is 0 Å². The highest BCUT2D eigenvalue weighted by Gasteiger charge is 2.18. The number of halogens is 2. The van der Waals surface area contributed by atoms with Crippen LogP contribution in [0.3, 0.4) is 0 Å². The van der Waals surface area contributed by atoms with Crippen LogP contribution in [0.25, 0.3) is 5.13 Å². The van der Waals surface area contributed by atoms with Gasteiger partial charge in [0.2, 0.25) is 0 Å². The number of aryl methyl sites for hydroxylation is 1. The summed E-state index contributed by atoms with van der Waals surface area (Å²) < 4.78 is 30.5. The van der Waals surface area contributed by atoms with Gasteiger partial charge in [-0.25, -0.2) is 4.98 Å². The Morgan fingerprint density at radius 3 is 2.60 bits per heavy atom. The van der Waals surface area contributed by atoms with E-state index in [4.69, 9.17) is 0 Å². The summed E-state index contributed by atoms with van der Waals surface area (Å²) in [5, 5.41) is 5.42. The van der Waals surface area contributed by atoms with Crippen LogP contribution in [0.1, 0.15) is 21.7 Å². The van der Waals surface area contributed by atoms with Gasteiger partial charge in [0.05, 0.1) is 5.56 Å². The highest BCUT2D eigenvalue weighted by Crippen LogP contribution is 2.24. The summed E-state index contributed by atoms with van der Waals surface area (Å²) in [7, 11) is 0. The lowest BCUT2D eigenvalue weighted by Crippen LogP contribution is -2.13. The molecule has 0 fully saturated rings. The van der Waals surface area contributed by atoms with E-state index >= 15 is 0 Å². The number of hydrogen-bond acceptors (Lipinski definition) is 4. The van der Waals surface area contributed by atoms with Crippen LogP contribution >= 0.6 is 11.3 Å². The normalized spacial score (nSPS) is 10.9. The summed E-state index contributed by atoms with van der Waals surface area (Å²) in [5.74, 6) is -0.242. The third-order valence-electron chi connectivity index (χ3n) is 3.62. The van der Waals surface area contributed by atoms with Gasteiger partial charge in [-0.2, -0.15) is 8.78 Å². The summed E-state index contributed by atoms with van der Waals surface area (Å²) in [5.41, 5.74) is 2.70. The van der Waals surface area contributed by atoms with Crippen molar-refractivity contribution < 1.29 is 18.3 Å². The van der Waals surface area contributed by atoms with E-state index in [2.05, 4.69) is 15.0 Å². The molecule has 25 heavy (non-hydrogen) atoms. The number of thiazole rings is 1. The van der Waals surface area contributed by atoms with E-state index in [0.29, 0.717) is 11.3 Å². The molecule has 8 heteroatoms. The number of hydrogen-bond donors (Lipinski definition) is 1. The second-order valence-electron chi connectivity index (χ2n) is 5.29. The Bertz CT molecular complexity index is 874. The Balaban J connectivity index is 1.79. The highest BCUT2D eigenvalue weighted by molar-refractivity contribution is 7.12. The van der Waals surface area contributed by atoms with Gasteiger partial charge in [-0.05, 0) is 44.2 Å². The van der Waals surface area contributed by atoms with Crippen molar-refractivity contribution in [1.82, 2.24) is 9.55 Å². The van der Waals surface area contributed by atoms with Crippen LogP contribution in [0.2, 0.25) is 0 Å². The number of nitrogens with one attached hydrogen (secondary N) is 1. The molecule has 0 radical (unpaired) electrons. The van der Waals surface area contributed by atoms with Gasteiger partial charge in [0.15, 0.2) is 5.13 Å². The molecule has 3 rings (SSSR count). The van der Waals surface area contributed by atoms with Crippen LogP contribution < -0.4 is 10.1 Å². The predicted molar refractivity (Wildman–Crippen MR) is 91.9 cm³/mol. The van der Waals surface area contributed by atoms with Gasteiger partial charge in [-0.3, -0.25) is 9.36 Å². The molecule has 0 saturated heterocycles. The number of nitrogens with zero attached hydrogens (tertiary/aromatic N) is 2. The fourth-order valence-electron chi connectivity index (χ4n) is 2.53. The summed E-state index contributed by atoms with van der Waals surface area (Å²) >= 11 is 1.48.